The molecule has 26 heavy (non-hydrogen) atoms. The molecule has 148 valence electrons. The summed E-state index contributed by atoms with van der Waals surface area (Å²) in [5, 5.41) is 0. The maximum atomic E-state index is 12.4. The van der Waals surface area contributed by atoms with Crippen LogP contribution in [-0.2, 0) is 14.8 Å². The van der Waals surface area contributed by atoms with Crippen molar-refractivity contribution < 1.29 is 31.1 Å². The van der Waals surface area contributed by atoms with Crippen molar-refractivity contribution in [3.63, 3.8) is 0 Å². The van der Waals surface area contributed by atoms with Gasteiger partial charge in [-0.25, -0.2) is 13.2 Å². The summed E-state index contributed by atoms with van der Waals surface area (Å²) >= 11 is 6.23. The Bertz CT molecular complexity index is 782. The fraction of sp³-hybridized carbons (Fsp3) is 0.500. The van der Waals surface area contributed by atoms with Crippen LogP contribution < -0.4 is 0 Å². The van der Waals surface area contributed by atoms with Gasteiger partial charge in [0.2, 0.25) is 0 Å². The minimum Gasteiger partial charge on any atom is -0.541 e. The quantitative estimate of drug-likeness (QED) is 0.162. The Balaban J connectivity index is 2.66. The van der Waals surface area contributed by atoms with Crippen LogP contribution in [0.15, 0.2) is 12.1 Å². The number of halogens is 6. The first-order valence-corrected chi connectivity index (χ1v) is 11.7. The Kier molecular flexibility index (Phi) is 8.89. The minimum atomic E-state index is -5.48. The molecule has 1 aromatic rings. The van der Waals surface area contributed by atoms with Gasteiger partial charge < -0.3 is 9.46 Å². The van der Waals surface area contributed by atoms with Crippen molar-refractivity contribution in [2.45, 2.75) is 37.8 Å². The molecule has 0 amide bonds. The number of sulfonamides is 1. The standard InChI is InChI=1S/C14H14F3I3NO4S/c1-13(2,4-3-5-21-26(23,24)14(15,16)17)25-12(22)9-6-8(18)7-10(19)11(9)20/h6-7H,3-5H2,1-2H3/q-1. The highest BCUT2D eigenvalue weighted by Gasteiger charge is 2.38. The average molecular weight is 730 g/mol. The molecule has 0 aliphatic rings. The Morgan fingerprint density at radius 1 is 1.19 bits per heavy atom. The topological polar surface area (TPSA) is 74.5 Å². The Hall–Kier alpha value is 0.580. The van der Waals surface area contributed by atoms with Crippen molar-refractivity contribution >= 4 is 83.8 Å². The fourth-order valence-corrected chi connectivity index (χ4v) is 4.72. The normalized spacial score (nSPS) is 12.9. The van der Waals surface area contributed by atoms with E-state index >= 15 is 0 Å². The van der Waals surface area contributed by atoms with Crippen molar-refractivity contribution in [2.24, 2.45) is 0 Å². The Labute approximate surface area is 190 Å². The number of nitrogens with zero attached hydrogens (tertiary/aromatic N) is 1. The molecule has 0 atom stereocenters. The molecule has 0 spiro atoms. The van der Waals surface area contributed by atoms with Crippen LogP contribution in [0.4, 0.5) is 13.2 Å². The second kappa shape index (κ2) is 9.39. The van der Waals surface area contributed by atoms with Gasteiger partial charge in [-0.1, -0.05) is 6.42 Å². The summed E-state index contributed by atoms with van der Waals surface area (Å²) < 4.78 is 69.0. The first-order chi connectivity index (χ1) is 11.7. The van der Waals surface area contributed by atoms with Crippen molar-refractivity contribution in [2.75, 3.05) is 6.54 Å². The summed E-state index contributed by atoms with van der Waals surface area (Å²) in [6, 6.07) is 3.60. The molecule has 0 saturated carbocycles. The molecular formula is C14H14F3I3NO4S-. The van der Waals surface area contributed by atoms with Crippen molar-refractivity contribution in [1.29, 1.82) is 0 Å². The molecule has 0 heterocycles. The lowest BCUT2D eigenvalue weighted by molar-refractivity contribution is -0.0427. The highest BCUT2D eigenvalue weighted by Crippen LogP contribution is 2.29. The van der Waals surface area contributed by atoms with E-state index in [0.717, 1.165) is 10.7 Å². The van der Waals surface area contributed by atoms with Crippen LogP contribution in [0.1, 0.15) is 37.0 Å². The lowest BCUT2D eigenvalue weighted by Gasteiger charge is -2.28. The molecule has 5 nitrogen and oxygen atoms in total. The zero-order valence-electron chi connectivity index (χ0n) is 13.5. The lowest BCUT2D eigenvalue weighted by atomic mass is 10.0. The Morgan fingerprint density at radius 3 is 2.31 bits per heavy atom. The second-order valence-corrected chi connectivity index (χ2v) is 10.9. The largest absolute Gasteiger partial charge is 0.541 e. The zero-order valence-corrected chi connectivity index (χ0v) is 20.8. The molecular weight excluding hydrogens is 716 g/mol. The number of hydrogen-bond donors (Lipinski definition) is 0. The van der Waals surface area contributed by atoms with Gasteiger partial charge in [-0.3, -0.25) is 0 Å². The first kappa shape index (κ1) is 24.6. The number of rotatable bonds is 7. The van der Waals surface area contributed by atoms with Crippen molar-refractivity contribution in [3.05, 3.63) is 33.1 Å². The number of hydrogen-bond acceptors (Lipinski definition) is 4. The first-order valence-electron chi connectivity index (χ1n) is 7.04. The van der Waals surface area contributed by atoms with E-state index in [2.05, 4.69) is 49.9 Å². The highest BCUT2D eigenvalue weighted by molar-refractivity contribution is 14.1. The lowest BCUT2D eigenvalue weighted by Crippen LogP contribution is -2.29. The van der Waals surface area contributed by atoms with E-state index in [0.29, 0.717) is 5.56 Å². The molecule has 0 aromatic heterocycles. The molecule has 0 N–H and O–H groups in total. The van der Waals surface area contributed by atoms with Gasteiger partial charge >= 0.3 is 11.5 Å². The molecule has 0 unspecified atom stereocenters. The summed E-state index contributed by atoms with van der Waals surface area (Å²) in [5.41, 5.74) is -5.98. The van der Waals surface area contributed by atoms with Crippen molar-refractivity contribution in [1.82, 2.24) is 0 Å². The second-order valence-electron chi connectivity index (χ2n) is 5.78. The van der Waals surface area contributed by atoms with E-state index in [4.69, 9.17) is 4.74 Å². The van der Waals surface area contributed by atoms with E-state index in [1.807, 2.05) is 28.7 Å². The number of ether oxygens (including phenoxy) is 1. The molecule has 0 saturated heterocycles. The highest BCUT2D eigenvalue weighted by atomic mass is 127. The predicted molar refractivity (Wildman–Crippen MR) is 117 cm³/mol. The summed E-state index contributed by atoms with van der Waals surface area (Å²) in [4.78, 5) is 12.4. The Morgan fingerprint density at radius 2 is 1.77 bits per heavy atom. The number of benzene rings is 1. The van der Waals surface area contributed by atoms with Gasteiger partial charge in [0, 0.05) is 10.7 Å². The summed E-state index contributed by atoms with van der Waals surface area (Å²) in [6.07, 6.45) is 0.184. The SMILES string of the molecule is CC(C)(CCC[N-]S(=O)(=O)C(F)(F)F)OC(=O)c1cc(I)cc(I)c1I. The predicted octanol–water partition coefficient (Wildman–Crippen LogP) is 5.44. The molecule has 12 heteroatoms. The molecule has 0 aliphatic heterocycles. The average Bonchev–Trinajstić information content (AvgIpc) is 2.45. The van der Waals surface area contributed by atoms with Crippen LogP contribution in [0.5, 0.6) is 0 Å². The third-order valence-electron chi connectivity index (χ3n) is 3.07. The van der Waals surface area contributed by atoms with Crippen molar-refractivity contribution in [3.8, 4) is 0 Å². The third kappa shape index (κ3) is 7.20. The van der Waals surface area contributed by atoms with Gasteiger partial charge in [0.15, 0.2) is 10.0 Å². The van der Waals surface area contributed by atoms with Gasteiger partial charge in [0.1, 0.15) is 5.60 Å². The van der Waals surface area contributed by atoms with Crippen LogP contribution in [0.2, 0.25) is 0 Å². The molecule has 0 radical (unpaired) electrons. The summed E-state index contributed by atoms with van der Waals surface area (Å²) in [7, 11) is -5.48. The van der Waals surface area contributed by atoms with Gasteiger partial charge in [-0.2, -0.15) is 13.2 Å². The van der Waals surface area contributed by atoms with E-state index in [-0.39, 0.29) is 12.8 Å². The van der Waals surface area contributed by atoms with Crippen LogP contribution in [0.3, 0.4) is 0 Å². The van der Waals surface area contributed by atoms with Crippen LogP contribution in [-0.4, -0.2) is 32.0 Å². The molecule has 1 aromatic carbocycles. The third-order valence-corrected chi connectivity index (χ3v) is 7.85. The van der Waals surface area contributed by atoms with Gasteiger partial charge in [-0.05, 0) is 100 Å². The monoisotopic (exact) mass is 730 g/mol. The molecule has 0 fully saturated rings. The smallest absolute Gasteiger partial charge is 0.480 e. The summed E-state index contributed by atoms with van der Waals surface area (Å²) in [5.74, 6) is -0.546. The number of carbonyl (C=O) groups is 1. The van der Waals surface area contributed by atoms with E-state index in [1.165, 1.54) is 0 Å². The summed E-state index contributed by atoms with van der Waals surface area (Å²) in [6.45, 7) is 2.69. The van der Waals surface area contributed by atoms with Crippen LogP contribution in [0, 0.1) is 10.7 Å². The van der Waals surface area contributed by atoms with E-state index in [1.54, 1.807) is 19.9 Å². The minimum absolute atomic E-state index is 0.0243. The fourth-order valence-electron chi connectivity index (χ4n) is 1.82. The van der Waals surface area contributed by atoms with Gasteiger partial charge in [0.25, 0.3) is 0 Å². The van der Waals surface area contributed by atoms with Gasteiger partial charge in [0.05, 0.1) is 5.56 Å². The number of carbonyl (C=O) groups excluding carboxylic acids is 1. The molecule has 0 bridgehead atoms. The van der Waals surface area contributed by atoms with Crippen LogP contribution >= 0.6 is 67.8 Å². The maximum absolute atomic E-state index is 12.4. The maximum Gasteiger partial charge on any atom is 0.480 e. The van der Waals surface area contributed by atoms with E-state index in [9.17, 15) is 26.4 Å². The van der Waals surface area contributed by atoms with Crippen LogP contribution in [0.25, 0.3) is 4.72 Å². The van der Waals surface area contributed by atoms with Gasteiger partial charge in [-0.15, -0.1) is 6.54 Å². The molecule has 0 aliphatic carbocycles. The number of esters is 1. The number of alkyl halides is 3. The molecule has 1 rings (SSSR count). The zero-order chi connectivity index (χ0) is 20.3. The van der Waals surface area contributed by atoms with E-state index < -0.39 is 33.6 Å².